The fraction of sp³-hybridized carbons (Fsp3) is 0.417. The third-order valence-electron chi connectivity index (χ3n) is 2.47. The molecule has 1 rings (SSSR count). The number of hydrogen-bond acceptors (Lipinski definition) is 4. The van der Waals surface area contributed by atoms with E-state index in [-0.39, 0.29) is 18.8 Å². The maximum absolute atomic E-state index is 13.1. The average molecular weight is 251 g/mol. The second kappa shape index (κ2) is 6.67. The van der Waals surface area contributed by atoms with Gasteiger partial charge in [-0.2, -0.15) is 5.26 Å². The summed E-state index contributed by atoms with van der Waals surface area (Å²) < 4.78 is 13.1. The van der Waals surface area contributed by atoms with Crippen molar-refractivity contribution < 1.29 is 9.31 Å². The van der Waals surface area contributed by atoms with Crippen LogP contribution in [0.5, 0.6) is 0 Å². The normalized spacial score (nSPS) is 10.3. The molecule has 0 aliphatic rings. The van der Waals surface area contributed by atoms with Crippen LogP contribution in [0, 0.1) is 27.3 Å². The predicted octanol–water partition coefficient (Wildman–Crippen LogP) is 2.47. The molecule has 0 unspecified atom stereocenters. The van der Waals surface area contributed by atoms with Gasteiger partial charge in [0.1, 0.15) is 5.82 Å². The Hall–Kier alpha value is -2.00. The molecule has 0 bridgehead atoms. The molecule has 0 heterocycles. The fourth-order valence-electron chi connectivity index (χ4n) is 1.73. The van der Waals surface area contributed by atoms with Crippen molar-refractivity contribution in [3.63, 3.8) is 0 Å². The van der Waals surface area contributed by atoms with Crippen molar-refractivity contribution in [3.05, 3.63) is 39.7 Å². The largest absolute Gasteiger partial charge is 0.286 e. The van der Waals surface area contributed by atoms with E-state index >= 15 is 0 Å². The van der Waals surface area contributed by atoms with Gasteiger partial charge in [0, 0.05) is 18.2 Å². The van der Waals surface area contributed by atoms with Gasteiger partial charge in [0.25, 0.3) is 5.69 Å². The SMILES string of the molecule is CCCN(CC#N)Cc1cc(F)ccc1[N+](=O)[O-]. The standard InChI is InChI=1S/C12H14FN3O2/c1-2-6-15(7-5-14)9-10-8-11(13)3-4-12(10)16(17)18/h3-4,8H,2,6-7,9H2,1H3. The summed E-state index contributed by atoms with van der Waals surface area (Å²) in [5.41, 5.74) is 0.180. The minimum absolute atomic E-state index is 0.115. The van der Waals surface area contributed by atoms with E-state index in [1.54, 1.807) is 4.90 Å². The lowest BCUT2D eigenvalue weighted by molar-refractivity contribution is -0.385. The number of hydrogen-bond donors (Lipinski definition) is 0. The van der Waals surface area contributed by atoms with Crippen LogP contribution in [-0.4, -0.2) is 22.9 Å². The Balaban J connectivity index is 2.96. The van der Waals surface area contributed by atoms with E-state index in [2.05, 4.69) is 0 Å². The maximum Gasteiger partial charge on any atom is 0.274 e. The zero-order chi connectivity index (χ0) is 13.5. The fourth-order valence-corrected chi connectivity index (χ4v) is 1.73. The predicted molar refractivity (Wildman–Crippen MR) is 64.2 cm³/mol. The lowest BCUT2D eigenvalue weighted by atomic mass is 10.1. The Kier molecular flexibility index (Phi) is 5.21. The van der Waals surface area contributed by atoms with Gasteiger partial charge < -0.3 is 0 Å². The van der Waals surface area contributed by atoms with E-state index < -0.39 is 10.7 Å². The van der Waals surface area contributed by atoms with E-state index in [0.717, 1.165) is 24.6 Å². The summed E-state index contributed by atoms with van der Waals surface area (Å²) in [4.78, 5) is 12.0. The van der Waals surface area contributed by atoms with Crippen LogP contribution in [0.15, 0.2) is 18.2 Å². The lowest BCUT2D eigenvalue weighted by Crippen LogP contribution is -2.24. The van der Waals surface area contributed by atoms with Crippen LogP contribution in [0.3, 0.4) is 0 Å². The summed E-state index contributed by atoms with van der Waals surface area (Å²) in [5.74, 6) is -0.510. The van der Waals surface area contributed by atoms with Gasteiger partial charge in [-0.1, -0.05) is 6.92 Å². The quantitative estimate of drug-likeness (QED) is 0.442. The van der Waals surface area contributed by atoms with Crippen LogP contribution >= 0.6 is 0 Å². The van der Waals surface area contributed by atoms with Crippen LogP contribution in [0.1, 0.15) is 18.9 Å². The topological polar surface area (TPSA) is 70.2 Å². The van der Waals surface area contributed by atoms with Gasteiger partial charge in [0.15, 0.2) is 0 Å². The maximum atomic E-state index is 13.1. The molecule has 0 N–H and O–H groups in total. The summed E-state index contributed by atoms with van der Waals surface area (Å²) in [5, 5.41) is 19.5. The molecule has 0 atom stereocenters. The van der Waals surface area contributed by atoms with Gasteiger partial charge >= 0.3 is 0 Å². The van der Waals surface area contributed by atoms with Crippen molar-refractivity contribution in [2.24, 2.45) is 0 Å². The molecule has 0 aliphatic carbocycles. The summed E-state index contributed by atoms with van der Waals surface area (Å²) in [6.07, 6.45) is 0.824. The highest BCUT2D eigenvalue weighted by atomic mass is 19.1. The molecule has 0 fully saturated rings. The van der Waals surface area contributed by atoms with Gasteiger partial charge in [0.2, 0.25) is 0 Å². The van der Waals surface area contributed by atoms with Gasteiger partial charge in [-0.15, -0.1) is 0 Å². The first-order valence-electron chi connectivity index (χ1n) is 5.60. The molecule has 18 heavy (non-hydrogen) atoms. The Morgan fingerprint density at radius 1 is 1.56 bits per heavy atom. The Morgan fingerprint density at radius 3 is 2.83 bits per heavy atom. The van der Waals surface area contributed by atoms with Crippen molar-refractivity contribution in [1.82, 2.24) is 4.90 Å². The second-order valence-electron chi connectivity index (χ2n) is 3.90. The molecular weight excluding hydrogens is 237 g/mol. The van der Waals surface area contributed by atoms with Gasteiger partial charge in [-0.05, 0) is 25.1 Å². The Bertz CT molecular complexity index is 471. The molecule has 0 aliphatic heterocycles. The molecule has 1 aromatic rings. The molecule has 0 aromatic heterocycles. The third-order valence-corrected chi connectivity index (χ3v) is 2.47. The number of nitrogens with zero attached hydrogens (tertiary/aromatic N) is 3. The zero-order valence-electron chi connectivity index (χ0n) is 10.1. The molecule has 0 saturated carbocycles. The molecule has 1 aromatic carbocycles. The monoisotopic (exact) mass is 251 g/mol. The van der Waals surface area contributed by atoms with E-state index in [1.807, 2.05) is 13.0 Å². The van der Waals surface area contributed by atoms with E-state index in [4.69, 9.17) is 5.26 Å². The van der Waals surface area contributed by atoms with Crippen molar-refractivity contribution in [2.45, 2.75) is 19.9 Å². The molecular formula is C12H14FN3O2. The van der Waals surface area contributed by atoms with E-state index in [9.17, 15) is 14.5 Å². The average Bonchev–Trinajstić information content (AvgIpc) is 2.29. The molecule has 0 amide bonds. The molecule has 0 saturated heterocycles. The second-order valence-corrected chi connectivity index (χ2v) is 3.90. The van der Waals surface area contributed by atoms with Gasteiger partial charge in [0.05, 0.1) is 17.5 Å². The lowest BCUT2D eigenvalue weighted by Gasteiger charge is -2.17. The van der Waals surface area contributed by atoms with Crippen molar-refractivity contribution in [1.29, 1.82) is 5.26 Å². The van der Waals surface area contributed by atoms with Crippen LogP contribution in [0.25, 0.3) is 0 Å². The summed E-state index contributed by atoms with van der Waals surface area (Å²) in [7, 11) is 0. The molecule has 0 spiro atoms. The minimum atomic E-state index is -0.536. The number of halogens is 1. The highest BCUT2D eigenvalue weighted by Gasteiger charge is 2.16. The highest BCUT2D eigenvalue weighted by Crippen LogP contribution is 2.21. The first-order chi connectivity index (χ1) is 8.58. The van der Waals surface area contributed by atoms with Gasteiger partial charge in [-0.25, -0.2) is 4.39 Å². The van der Waals surface area contributed by atoms with Crippen LogP contribution in [0.4, 0.5) is 10.1 Å². The van der Waals surface area contributed by atoms with Crippen molar-refractivity contribution in [3.8, 4) is 6.07 Å². The summed E-state index contributed by atoms with van der Waals surface area (Å²) in [6.45, 7) is 2.96. The Labute approximate surface area is 105 Å². The zero-order valence-corrected chi connectivity index (χ0v) is 10.1. The number of benzene rings is 1. The van der Waals surface area contributed by atoms with Crippen LogP contribution < -0.4 is 0 Å². The molecule has 6 heteroatoms. The first-order valence-corrected chi connectivity index (χ1v) is 5.60. The van der Waals surface area contributed by atoms with Crippen LogP contribution in [-0.2, 0) is 6.54 Å². The van der Waals surface area contributed by atoms with Crippen molar-refractivity contribution in [2.75, 3.05) is 13.1 Å². The van der Waals surface area contributed by atoms with Crippen LogP contribution in [0.2, 0.25) is 0 Å². The number of nitriles is 1. The van der Waals surface area contributed by atoms with Crippen molar-refractivity contribution >= 4 is 5.69 Å². The number of rotatable bonds is 6. The smallest absolute Gasteiger partial charge is 0.274 e. The van der Waals surface area contributed by atoms with E-state index in [0.29, 0.717) is 12.1 Å². The summed E-state index contributed by atoms with van der Waals surface area (Å²) >= 11 is 0. The van der Waals surface area contributed by atoms with Gasteiger partial charge in [-0.3, -0.25) is 15.0 Å². The Morgan fingerprint density at radius 2 is 2.28 bits per heavy atom. The third kappa shape index (κ3) is 3.79. The van der Waals surface area contributed by atoms with E-state index in [1.165, 1.54) is 0 Å². The molecule has 0 radical (unpaired) electrons. The summed E-state index contributed by atoms with van der Waals surface area (Å²) in [6, 6.07) is 5.37. The number of nitro benzene ring substituents is 1. The first kappa shape index (κ1) is 14.1. The highest BCUT2D eigenvalue weighted by molar-refractivity contribution is 5.40. The molecule has 5 nitrogen and oxygen atoms in total. The number of nitro groups is 1. The minimum Gasteiger partial charge on any atom is -0.286 e. The molecule has 96 valence electrons.